The molecular weight excluding hydrogens is 460 g/mol. The zero-order valence-electron chi connectivity index (χ0n) is 18.6. The van der Waals surface area contributed by atoms with Gasteiger partial charge in [-0.25, -0.2) is 4.79 Å². The van der Waals surface area contributed by atoms with Crippen molar-refractivity contribution in [2.45, 2.75) is 38.5 Å². The van der Waals surface area contributed by atoms with Gasteiger partial charge in [-0.1, -0.05) is 18.2 Å². The summed E-state index contributed by atoms with van der Waals surface area (Å²) in [5, 5.41) is 30.0. The summed E-state index contributed by atoms with van der Waals surface area (Å²) in [7, 11) is 0. The summed E-state index contributed by atoms with van der Waals surface area (Å²) in [6.45, 7) is 5.42. The highest BCUT2D eigenvalue weighted by molar-refractivity contribution is 5.80. The fourth-order valence-corrected chi connectivity index (χ4v) is 3.73. The van der Waals surface area contributed by atoms with E-state index in [1.165, 1.54) is 6.92 Å². The Morgan fingerprint density at radius 3 is 2.35 bits per heavy atom. The molecule has 2 atom stereocenters. The molecule has 0 aliphatic heterocycles. The highest BCUT2D eigenvalue weighted by Crippen LogP contribution is 2.48. The summed E-state index contributed by atoms with van der Waals surface area (Å²) in [4.78, 5) is 36.9. The van der Waals surface area contributed by atoms with Crippen molar-refractivity contribution in [1.82, 2.24) is 0 Å². The molecule has 34 heavy (non-hydrogen) atoms. The van der Waals surface area contributed by atoms with Crippen LogP contribution in [0.15, 0.2) is 35.9 Å². The van der Waals surface area contributed by atoms with E-state index in [0.717, 1.165) is 11.1 Å². The fraction of sp³-hybridized carbons (Fsp3) is 0.455. The molecule has 0 fully saturated rings. The van der Waals surface area contributed by atoms with Gasteiger partial charge in [-0.05, 0) is 43.4 Å². The zero-order chi connectivity index (χ0) is 25.6. The Balaban J connectivity index is 2.34. The number of nitrogens with zero attached hydrogens (tertiary/aromatic N) is 1. The minimum absolute atomic E-state index is 0.0123. The monoisotopic (exact) mass is 485 g/mol. The molecule has 0 saturated heterocycles. The average molecular weight is 485 g/mol. The number of allylic oxidation sites excluding steroid dienone is 2. The summed E-state index contributed by atoms with van der Waals surface area (Å²) in [6, 6.07) is 1.29. The number of carbonyl (C=O) groups excluding carboxylic acids is 2. The van der Waals surface area contributed by atoms with E-state index in [4.69, 9.17) is 4.74 Å². The van der Waals surface area contributed by atoms with E-state index < -0.39 is 59.1 Å². The first-order valence-electron chi connectivity index (χ1n) is 10.2. The van der Waals surface area contributed by atoms with E-state index in [2.05, 4.69) is 16.2 Å². The Bertz CT molecular complexity index is 983. The topological polar surface area (TPSA) is 145 Å². The number of hydrogen-bond donors (Lipinski definition) is 2. The molecule has 0 radical (unpaired) electrons. The summed E-state index contributed by atoms with van der Waals surface area (Å²) in [5.74, 6) is -9.03. The van der Waals surface area contributed by atoms with E-state index in [0.29, 0.717) is 25.0 Å². The minimum Gasteiger partial charge on any atom is -0.507 e. The lowest BCUT2D eigenvalue weighted by atomic mass is 9.73. The van der Waals surface area contributed by atoms with Gasteiger partial charge in [0.15, 0.2) is 0 Å². The maximum Gasteiger partial charge on any atom is 0.382 e. The van der Waals surface area contributed by atoms with Gasteiger partial charge in [0.25, 0.3) is 5.09 Å². The van der Waals surface area contributed by atoms with Crippen LogP contribution in [0.25, 0.3) is 0 Å². The third-order valence-corrected chi connectivity index (χ3v) is 5.32. The molecule has 1 aliphatic carbocycles. The van der Waals surface area contributed by atoms with Gasteiger partial charge in [-0.15, -0.1) is 10.1 Å². The van der Waals surface area contributed by atoms with Crippen LogP contribution in [0.5, 0.6) is 11.5 Å². The predicted octanol–water partition coefficient (Wildman–Crippen LogP) is 3.50. The Morgan fingerprint density at radius 1 is 1.21 bits per heavy atom. The molecule has 0 saturated carbocycles. The molecule has 2 rings (SSSR count). The number of phenolic OH excluding ortho intramolecular Hbond substituents is 2. The standard InChI is InChI=1S/C22H25F2NO9/c1-12(2)16-5-4-14(11-33-13(3)26)8-17(16)20-18(27)9-15(10-19(20)28)22(23,24)21(29)32-6-7-34-25(30)31/h8-10,16-17,27-28H,1,4-7,11H2,2-3H3/t16-,17+/m1/s1. The highest BCUT2D eigenvalue weighted by Gasteiger charge is 2.44. The summed E-state index contributed by atoms with van der Waals surface area (Å²) >= 11 is 0. The van der Waals surface area contributed by atoms with Crippen LogP contribution in [0.1, 0.15) is 43.7 Å². The Hall–Kier alpha value is -3.70. The van der Waals surface area contributed by atoms with Crippen LogP contribution in [-0.2, 0) is 29.8 Å². The first-order valence-corrected chi connectivity index (χ1v) is 10.2. The third-order valence-electron chi connectivity index (χ3n) is 5.32. The van der Waals surface area contributed by atoms with Crippen LogP contribution in [-0.4, -0.2) is 47.1 Å². The van der Waals surface area contributed by atoms with Gasteiger partial charge < -0.3 is 24.5 Å². The smallest absolute Gasteiger partial charge is 0.382 e. The molecule has 0 spiro atoms. The normalized spacial score (nSPS) is 17.9. The van der Waals surface area contributed by atoms with Crippen molar-refractivity contribution in [2.24, 2.45) is 5.92 Å². The lowest BCUT2D eigenvalue weighted by Crippen LogP contribution is -2.29. The second-order valence-electron chi connectivity index (χ2n) is 7.82. The van der Waals surface area contributed by atoms with Crippen molar-refractivity contribution in [1.29, 1.82) is 0 Å². The molecule has 0 amide bonds. The number of benzene rings is 1. The van der Waals surface area contributed by atoms with Crippen molar-refractivity contribution in [3.05, 3.63) is 57.2 Å². The van der Waals surface area contributed by atoms with Gasteiger partial charge in [-0.2, -0.15) is 8.78 Å². The number of ether oxygens (including phenoxy) is 2. The summed E-state index contributed by atoms with van der Waals surface area (Å²) in [6.07, 6.45) is 2.83. The molecule has 1 aromatic rings. The Kier molecular flexibility index (Phi) is 8.55. The van der Waals surface area contributed by atoms with Crippen LogP contribution in [0.2, 0.25) is 0 Å². The minimum atomic E-state index is -4.27. The quantitative estimate of drug-likeness (QED) is 0.167. The summed E-state index contributed by atoms with van der Waals surface area (Å²) < 4.78 is 38.4. The molecule has 0 bridgehead atoms. The number of rotatable bonds is 10. The van der Waals surface area contributed by atoms with Crippen molar-refractivity contribution in [3.8, 4) is 11.5 Å². The van der Waals surface area contributed by atoms with Gasteiger partial charge in [0.1, 0.15) is 31.3 Å². The van der Waals surface area contributed by atoms with E-state index in [1.807, 2.05) is 0 Å². The fourth-order valence-electron chi connectivity index (χ4n) is 3.73. The summed E-state index contributed by atoms with van der Waals surface area (Å²) in [5.41, 5.74) is 0.395. The van der Waals surface area contributed by atoms with Gasteiger partial charge in [0.2, 0.25) is 0 Å². The largest absolute Gasteiger partial charge is 0.507 e. The van der Waals surface area contributed by atoms with Crippen LogP contribution in [0.3, 0.4) is 0 Å². The first-order chi connectivity index (χ1) is 15.8. The van der Waals surface area contributed by atoms with Crippen LogP contribution in [0.4, 0.5) is 8.78 Å². The molecule has 0 unspecified atom stereocenters. The highest BCUT2D eigenvalue weighted by atomic mass is 19.3. The number of hydrogen-bond acceptors (Lipinski definition) is 9. The van der Waals surface area contributed by atoms with E-state index in [9.17, 15) is 38.7 Å². The van der Waals surface area contributed by atoms with Gasteiger partial charge in [-0.3, -0.25) is 4.79 Å². The number of alkyl halides is 2. The van der Waals surface area contributed by atoms with Crippen molar-refractivity contribution >= 4 is 11.9 Å². The number of carbonyl (C=O) groups is 2. The number of aromatic hydroxyl groups is 2. The molecule has 1 aliphatic rings. The maximum atomic E-state index is 14.6. The molecule has 0 heterocycles. The third kappa shape index (κ3) is 6.42. The van der Waals surface area contributed by atoms with E-state index in [1.54, 1.807) is 13.0 Å². The van der Waals surface area contributed by atoms with Gasteiger partial charge in [0, 0.05) is 24.0 Å². The second kappa shape index (κ2) is 10.9. The molecular formula is C22H25F2NO9. The number of phenols is 2. The number of halogens is 2. The van der Waals surface area contributed by atoms with Crippen molar-refractivity contribution in [3.63, 3.8) is 0 Å². The second-order valence-corrected chi connectivity index (χ2v) is 7.82. The molecule has 1 aromatic carbocycles. The molecule has 12 heteroatoms. The molecule has 186 valence electrons. The predicted molar refractivity (Wildman–Crippen MR) is 113 cm³/mol. The zero-order valence-corrected chi connectivity index (χ0v) is 18.6. The maximum absolute atomic E-state index is 14.6. The van der Waals surface area contributed by atoms with E-state index >= 15 is 0 Å². The SMILES string of the molecule is C=C(C)[C@H]1CCC(COC(C)=O)=C[C@@H]1c1c(O)cc(C(F)(F)C(=O)OCCO[N+](=O)[O-])cc1O. The van der Waals surface area contributed by atoms with Gasteiger partial charge in [0.05, 0.1) is 0 Å². The van der Waals surface area contributed by atoms with Crippen LogP contribution >= 0.6 is 0 Å². The first kappa shape index (κ1) is 26.6. The van der Waals surface area contributed by atoms with Crippen molar-refractivity contribution in [2.75, 3.05) is 19.8 Å². The molecule has 10 nitrogen and oxygen atoms in total. The Morgan fingerprint density at radius 2 is 1.82 bits per heavy atom. The van der Waals surface area contributed by atoms with Gasteiger partial charge >= 0.3 is 17.9 Å². The average Bonchev–Trinajstić information content (AvgIpc) is 2.74. The lowest BCUT2D eigenvalue weighted by Gasteiger charge is -2.32. The van der Waals surface area contributed by atoms with Crippen LogP contribution in [0, 0.1) is 16.0 Å². The Labute approximate surface area is 193 Å². The van der Waals surface area contributed by atoms with Crippen molar-refractivity contribution < 1.29 is 48.0 Å². The molecule has 2 N–H and O–H groups in total. The number of esters is 2. The van der Waals surface area contributed by atoms with Crippen LogP contribution < -0.4 is 0 Å². The lowest BCUT2D eigenvalue weighted by molar-refractivity contribution is -0.757. The molecule has 0 aromatic heterocycles. The van der Waals surface area contributed by atoms with E-state index in [-0.39, 0.29) is 18.1 Å².